The third kappa shape index (κ3) is 7.66. The molecule has 0 aliphatic heterocycles. The minimum Gasteiger partial charge on any atom is -0.482 e. The predicted octanol–water partition coefficient (Wildman–Crippen LogP) is 5.07. The van der Waals surface area contributed by atoms with Crippen molar-refractivity contribution in [1.82, 2.24) is 15.2 Å². The van der Waals surface area contributed by atoms with Gasteiger partial charge in [-0.15, -0.1) is 0 Å². The second kappa shape index (κ2) is 13.2. The third-order valence-electron chi connectivity index (χ3n) is 5.82. The Bertz CT molecular complexity index is 1290. The van der Waals surface area contributed by atoms with Crippen LogP contribution in [0.5, 0.6) is 5.75 Å². The van der Waals surface area contributed by atoms with E-state index in [4.69, 9.17) is 16.3 Å². The molecule has 4 rings (SSSR count). The van der Waals surface area contributed by atoms with Crippen molar-refractivity contribution in [1.29, 1.82) is 0 Å². The number of nitrogens with zero attached hydrogens (tertiary/aromatic N) is 2. The average Bonchev–Trinajstić information content (AvgIpc) is 2.94. The summed E-state index contributed by atoms with van der Waals surface area (Å²) in [7, 11) is 0. The summed E-state index contributed by atoms with van der Waals surface area (Å²) in [5.74, 6) is -0.175. The number of pyridine rings is 1. The molecule has 0 spiro atoms. The van der Waals surface area contributed by atoms with Gasteiger partial charge in [0.25, 0.3) is 5.91 Å². The zero-order valence-corrected chi connectivity index (χ0v) is 21.1. The van der Waals surface area contributed by atoms with Crippen LogP contribution in [0.2, 0.25) is 5.02 Å². The number of para-hydroxylation sites is 1. The van der Waals surface area contributed by atoms with Crippen LogP contribution in [-0.2, 0) is 29.1 Å². The molecule has 7 heteroatoms. The first-order chi connectivity index (χ1) is 18.1. The fraction of sp³-hybridized carbons (Fsp3) is 0.167. The number of nitrogens with one attached hydrogen (secondary N) is 1. The molecule has 0 bridgehead atoms. The maximum Gasteiger partial charge on any atom is 0.261 e. The van der Waals surface area contributed by atoms with Crippen molar-refractivity contribution in [3.8, 4) is 5.75 Å². The first kappa shape index (κ1) is 25.9. The maximum absolute atomic E-state index is 13.6. The SMILES string of the molecule is O=C(NCc1ccccn1)C(Cc1ccccc1)N(Cc1ccccc1)C(=O)COc1ccccc1Cl. The number of hydrogen-bond donors (Lipinski definition) is 1. The minimum atomic E-state index is -0.770. The van der Waals surface area contributed by atoms with E-state index < -0.39 is 6.04 Å². The van der Waals surface area contributed by atoms with Crippen LogP contribution in [-0.4, -0.2) is 34.3 Å². The van der Waals surface area contributed by atoms with Crippen molar-refractivity contribution < 1.29 is 14.3 Å². The molecule has 1 atom stereocenters. The van der Waals surface area contributed by atoms with E-state index in [0.29, 0.717) is 17.2 Å². The van der Waals surface area contributed by atoms with Gasteiger partial charge in [-0.3, -0.25) is 14.6 Å². The molecule has 4 aromatic rings. The molecule has 0 aliphatic carbocycles. The molecule has 1 aromatic heterocycles. The highest BCUT2D eigenvalue weighted by atomic mass is 35.5. The van der Waals surface area contributed by atoms with Crippen LogP contribution in [0.4, 0.5) is 0 Å². The first-order valence-corrected chi connectivity index (χ1v) is 12.4. The van der Waals surface area contributed by atoms with Crippen molar-refractivity contribution in [3.05, 3.63) is 131 Å². The molecular formula is C30H28ClN3O3. The van der Waals surface area contributed by atoms with Crippen molar-refractivity contribution in [2.75, 3.05) is 6.61 Å². The van der Waals surface area contributed by atoms with Crippen LogP contribution in [0.15, 0.2) is 109 Å². The largest absolute Gasteiger partial charge is 0.482 e. The molecule has 0 radical (unpaired) electrons. The summed E-state index contributed by atoms with van der Waals surface area (Å²) < 4.78 is 5.76. The molecule has 188 valence electrons. The summed E-state index contributed by atoms with van der Waals surface area (Å²) in [5.41, 5.74) is 2.58. The van der Waals surface area contributed by atoms with Gasteiger partial charge >= 0.3 is 0 Å². The highest BCUT2D eigenvalue weighted by molar-refractivity contribution is 6.32. The number of amides is 2. The topological polar surface area (TPSA) is 71.5 Å². The predicted molar refractivity (Wildman–Crippen MR) is 144 cm³/mol. The van der Waals surface area contributed by atoms with E-state index >= 15 is 0 Å². The van der Waals surface area contributed by atoms with Gasteiger partial charge in [0.05, 0.1) is 17.3 Å². The summed E-state index contributed by atoms with van der Waals surface area (Å²) in [6.45, 7) is 0.254. The summed E-state index contributed by atoms with van der Waals surface area (Å²) >= 11 is 6.22. The first-order valence-electron chi connectivity index (χ1n) is 12.0. The van der Waals surface area contributed by atoms with E-state index in [9.17, 15) is 9.59 Å². The normalized spacial score (nSPS) is 11.4. The number of carbonyl (C=O) groups excluding carboxylic acids is 2. The van der Waals surface area contributed by atoms with E-state index in [-0.39, 0.29) is 31.5 Å². The van der Waals surface area contributed by atoms with Crippen molar-refractivity contribution >= 4 is 23.4 Å². The van der Waals surface area contributed by atoms with Gasteiger partial charge in [0.1, 0.15) is 11.8 Å². The number of hydrogen-bond acceptors (Lipinski definition) is 4. The molecule has 37 heavy (non-hydrogen) atoms. The number of rotatable bonds is 11. The van der Waals surface area contributed by atoms with Crippen LogP contribution in [0.3, 0.4) is 0 Å². The molecule has 0 saturated heterocycles. The number of aromatic nitrogens is 1. The molecule has 6 nitrogen and oxygen atoms in total. The lowest BCUT2D eigenvalue weighted by molar-refractivity contribution is -0.142. The molecule has 1 heterocycles. The second-order valence-electron chi connectivity index (χ2n) is 8.47. The lowest BCUT2D eigenvalue weighted by Gasteiger charge is -2.31. The zero-order chi connectivity index (χ0) is 25.9. The Morgan fingerprint density at radius 3 is 2.16 bits per heavy atom. The molecule has 1 unspecified atom stereocenters. The van der Waals surface area contributed by atoms with Gasteiger partial charge in [0.15, 0.2) is 6.61 Å². The summed E-state index contributed by atoms with van der Waals surface area (Å²) in [6.07, 6.45) is 2.03. The van der Waals surface area contributed by atoms with E-state index in [1.165, 1.54) is 0 Å². The Kier molecular flexibility index (Phi) is 9.27. The van der Waals surface area contributed by atoms with Crippen molar-refractivity contribution in [2.45, 2.75) is 25.6 Å². The average molecular weight is 514 g/mol. The van der Waals surface area contributed by atoms with Crippen LogP contribution < -0.4 is 10.1 Å². The molecular weight excluding hydrogens is 486 g/mol. The summed E-state index contributed by atoms with van der Waals surface area (Å²) in [6, 6.07) is 31.0. The molecule has 3 aromatic carbocycles. The molecule has 0 aliphatic rings. The number of halogens is 1. The Hall–Kier alpha value is -4.16. The number of ether oxygens (including phenoxy) is 1. The highest BCUT2D eigenvalue weighted by Gasteiger charge is 2.30. The van der Waals surface area contributed by atoms with Gasteiger partial charge in [-0.05, 0) is 35.4 Å². The number of benzene rings is 3. The lowest BCUT2D eigenvalue weighted by atomic mass is 10.0. The van der Waals surface area contributed by atoms with Gasteiger partial charge < -0.3 is 15.0 Å². The van der Waals surface area contributed by atoms with Crippen molar-refractivity contribution in [2.24, 2.45) is 0 Å². The number of carbonyl (C=O) groups is 2. The molecule has 0 fully saturated rings. The Balaban J connectivity index is 1.60. The van der Waals surface area contributed by atoms with Crippen LogP contribution in [0.1, 0.15) is 16.8 Å². The van der Waals surface area contributed by atoms with E-state index in [2.05, 4.69) is 10.3 Å². The van der Waals surface area contributed by atoms with E-state index in [1.807, 2.05) is 78.9 Å². The second-order valence-corrected chi connectivity index (χ2v) is 8.88. The monoisotopic (exact) mass is 513 g/mol. The lowest BCUT2D eigenvalue weighted by Crippen LogP contribution is -2.51. The maximum atomic E-state index is 13.6. The Morgan fingerprint density at radius 1 is 0.838 bits per heavy atom. The van der Waals surface area contributed by atoms with Crippen LogP contribution >= 0.6 is 11.6 Å². The summed E-state index contributed by atoms with van der Waals surface area (Å²) in [5, 5.41) is 3.38. The standard InChI is InChI=1S/C30H28ClN3O3/c31-26-16-7-8-17-28(26)37-22-29(35)34(21-24-13-5-2-6-14-24)27(19-23-11-3-1-4-12-23)30(36)33-20-25-15-9-10-18-32-25/h1-18,27H,19-22H2,(H,33,36). The quantitative estimate of drug-likeness (QED) is 0.304. The smallest absolute Gasteiger partial charge is 0.261 e. The summed E-state index contributed by atoms with van der Waals surface area (Å²) in [4.78, 5) is 33.1. The molecule has 0 saturated carbocycles. The van der Waals surface area contributed by atoms with Gasteiger partial charge in [-0.1, -0.05) is 90.5 Å². The fourth-order valence-corrected chi connectivity index (χ4v) is 4.11. The van der Waals surface area contributed by atoms with Gasteiger partial charge in [0.2, 0.25) is 5.91 Å². The van der Waals surface area contributed by atoms with Gasteiger partial charge in [-0.2, -0.15) is 0 Å². The minimum absolute atomic E-state index is 0.250. The van der Waals surface area contributed by atoms with Crippen LogP contribution in [0.25, 0.3) is 0 Å². The Labute approximate surface area is 221 Å². The van der Waals surface area contributed by atoms with E-state index in [0.717, 1.165) is 16.8 Å². The Morgan fingerprint density at radius 2 is 1.49 bits per heavy atom. The zero-order valence-electron chi connectivity index (χ0n) is 20.3. The fourth-order valence-electron chi connectivity index (χ4n) is 3.92. The highest BCUT2D eigenvalue weighted by Crippen LogP contribution is 2.23. The van der Waals surface area contributed by atoms with E-state index in [1.54, 1.807) is 35.4 Å². The molecule has 1 N–H and O–H groups in total. The van der Waals surface area contributed by atoms with Gasteiger partial charge in [0, 0.05) is 19.2 Å². The third-order valence-corrected chi connectivity index (χ3v) is 6.14. The van der Waals surface area contributed by atoms with Crippen molar-refractivity contribution in [3.63, 3.8) is 0 Å². The van der Waals surface area contributed by atoms with Gasteiger partial charge in [-0.25, -0.2) is 0 Å². The van der Waals surface area contributed by atoms with Crippen LogP contribution in [0, 0.1) is 0 Å². The molecule has 2 amide bonds.